The molecule has 2 aliphatic rings. The molecular formula is C21H27N3O3. The van der Waals surface area contributed by atoms with Crippen molar-refractivity contribution in [3.8, 4) is 0 Å². The number of ether oxygens (including phenoxy) is 1. The Bertz CT molecular complexity index is 782. The number of carbonyl (C=O) groups is 1. The molecule has 2 atom stereocenters. The van der Waals surface area contributed by atoms with Gasteiger partial charge in [-0.15, -0.1) is 0 Å². The molecule has 1 aliphatic carbocycles. The molecule has 1 saturated heterocycles. The van der Waals surface area contributed by atoms with E-state index in [0.29, 0.717) is 25.3 Å². The number of hydrogen-bond acceptors (Lipinski definition) is 5. The van der Waals surface area contributed by atoms with E-state index in [4.69, 9.17) is 9.15 Å². The molecular weight excluding hydrogens is 342 g/mol. The van der Waals surface area contributed by atoms with Gasteiger partial charge in [0.25, 0.3) is 0 Å². The highest BCUT2D eigenvalue weighted by Gasteiger charge is 2.36. The number of furan rings is 1. The standard InChI is InChI=1S/C21H27N3O3/c1-15-12-18(15)19-4-2-17(27-19)3-5-21(25)23-14-16-6-7-22-20(13-16)24-8-10-26-11-9-24/h2,4,6-7,13,15,18H,3,5,8-12,14H2,1H3,(H,23,25). The Morgan fingerprint density at radius 1 is 1.30 bits per heavy atom. The van der Waals surface area contributed by atoms with Gasteiger partial charge in [0.1, 0.15) is 17.3 Å². The second kappa shape index (κ2) is 8.13. The number of aryl methyl sites for hydroxylation is 1. The number of rotatable bonds is 7. The zero-order chi connectivity index (χ0) is 18.6. The van der Waals surface area contributed by atoms with Gasteiger partial charge in [0, 0.05) is 44.6 Å². The number of hydrogen-bond donors (Lipinski definition) is 1. The Labute approximate surface area is 159 Å². The van der Waals surface area contributed by atoms with Crippen LogP contribution >= 0.6 is 0 Å². The molecule has 2 fully saturated rings. The first kappa shape index (κ1) is 18.0. The van der Waals surface area contributed by atoms with E-state index in [-0.39, 0.29) is 5.91 Å². The van der Waals surface area contributed by atoms with Gasteiger partial charge in [0.15, 0.2) is 0 Å². The Morgan fingerprint density at radius 3 is 2.89 bits per heavy atom. The summed E-state index contributed by atoms with van der Waals surface area (Å²) >= 11 is 0. The number of amides is 1. The minimum Gasteiger partial charge on any atom is -0.466 e. The summed E-state index contributed by atoms with van der Waals surface area (Å²) in [5.74, 6) is 4.28. The number of morpholine rings is 1. The lowest BCUT2D eigenvalue weighted by molar-refractivity contribution is -0.121. The van der Waals surface area contributed by atoms with Crippen molar-refractivity contribution in [1.29, 1.82) is 0 Å². The predicted octanol–water partition coefficient (Wildman–Crippen LogP) is 2.88. The smallest absolute Gasteiger partial charge is 0.220 e. The first-order chi connectivity index (χ1) is 13.2. The van der Waals surface area contributed by atoms with Crippen molar-refractivity contribution in [1.82, 2.24) is 10.3 Å². The average Bonchev–Trinajstić information content (AvgIpc) is 3.25. The van der Waals surface area contributed by atoms with Crippen LogP contribution in [0.5, 0.6) is 0 Å². The second-order valence-corrected chi connectivity index (χ2v) is 7.52. The zero-order valence-electron chi connectivity index (χ0n) is 15.8. The molecule has 1 amide bonds. The fourth-order valence-corrected chi connectivity index (χ4v) is 3.51. The summed E-state index contributed by atoms with van der Waals surface area (Å²) in [7, 11) is 0. The Morgan fingerprint density at radius 2 is 2.11 bits per heavy atom. The Kier molecular flexibility index (Phi) is 5.43. The van der Waals surface area contributed by atoms with Crippen LogP contribution < -0.4 is 10.2 Å². The van der Waals surface area contributed by atoms with E-state index < -0.39 is 0 Å². The van der Waals surface area contributed by atoms with Gasteiger partial charge in [-0.1, -0.05) is 6.92 Å². The third-order valence-corrected chi connectivity index (χ3v) is 5.39. The van der Waals surface area contributed by atoms with Gasteiger partial charge >= 0.3 is 0 Å². The van der Waals surface area contributed by atoms with Crippen molar-refractivity contribution in [3.63, 3.8) is 0 Å². The highest BCUT2D eigenvalue weighted by Crippen LogP contribution is 2.47. The van der Waals surface area contributed by atoms with Crippen molar-refractivity contribution < 1.29 is 13.9 Å². The summed E-state index contributed by atoms with van der Waals surface area (Å²) in [5.41, 5.74) is 1.06. The largest absolute Gasteiger partial charge is 0.466 e. The van der Waals surface area contributed by atoms with E-state index in [2.05, 4.69) is 28.2 Å². The summed E-state index contributed by atoms with van der Waals surface area (Å²) in [4.78, 5) is 18.8. The minimum absolute atomic E-state index is 0.0393. The Balaban J connectivity index is 1.23. The first-order valence-corrected chi connectivity index (χ1v) is 9.82. The normalized spacial score (nSPS) is 21.9. The molecule has 27 heavy (non-hydrogen) atoms. The molecule has 0 aromatic carbocycles. The highest BCUT2D eigenvalue weighted by atomic mass is 16.5. The average molecular weight is 369 g/mol. The third-order valence-electron chi connectivity index (χ3n) is 5.39. The highest BCUT2D eigenvalue weighted by molar-refractivity contribution is 5.76. The summed E-state index contributed by atoms with van der Waals surface area (Å²) in [6, 6.07) is 8.05. The van der Waals surface area contributed by atoms with E-state index in [1.54, 1.807) is 6.20 Å². The van der Waals surface area contributed by atoms with Crippen LogP contribution in [0.25, 0.3) is 0 Å². The van der Waals surface area contributed by atoms with Crippen LogP contribution in [0.1, 0.15) is 42.8 Å². The summed E-state index contributed by atoms with van der Waals surface area (Å²) < 4.78 is 11.3. The molecule has 0 spiro atoms. The number of anilines is 1. The minimum atomic E-state index is 0.0393. The number of carbonyl (C=O) groups excluding carboxylic acids is 1. The number of aromatic nitrogens is 1. The molecule has 2 aromatic heterocycles. The van der Waals surface area contributed by atoms with Crippen LogP contribution in [0.3, 0.4) is 0 Å². The molecule has 0 radical (unpaired) electrons. The van der Waals surface area contributed by atoms with E-state index in [0.717, 1.165) is 55.1 Å². The lowest BCUT2D eigenvalue weighted by Gasteiger charge is -2.28. The van der Waals surface area contributed by atoms with Crippen LogP contribution in [-0.4, -0.2) is 37.2 Å². The predicted molar refractivity (Wildman–Crippen MR) is 103 cm³/mol. The fourth-order valence-electron chi connectivity index (χ4n) is 3.51. The zero-order valence-corrected chi connectivity index (χ0v) is 15.8. The third kappa shape index (κ3) is 4.69. The maximum Gasteiger partial charge on any atom is 0.220 e. The van der Waals surface area contributed by atoms with Gasteiger partial charge in [0.05, 0.1) is 13.2 Å². The molecule has 3 heterocycles. The van der Waals surface area contributed by atoms with E-state index >= 15 is 0 Å². The van der Waals surface area contributed by atoms with Gasteiger partial charge in [-0.3, -0.25) is 4.79 Å². The van der Waals surface area contributed by atoms with Crippen molar-refractivity contribution >= 4 is 11.7 Å². The maximum atomic E-state index is 12.2. The molecule has 6 heteroatoms. The van der Waals surface area contributed by atoms with Gasteiger partial charge in [-0.05, 0) is 42.2 Å². The molecule has 144 valence electrons. The van der Waals surface area contributed by atoms with Crippen molar-refractivity contribution in [2.75, 3.05) is 31.2 Å². The van der Waals surface area contributed by atoms with Crippen LogP contribution in [0.2, 0.25) is 0 Å². The summed E-state index contributed by atoms with van der Waals surface area (Å²) in [6.45, 7) is 5.93. The molecule has 4 rings (SSSR count). The monoisotopic (exact) mass is 369 g/mol. The fraction of sp³-hybridized carbons (Fsp3) is 0.524. The maximum absolute atomic E-state index is 12.2. The number of pyridine rings is 1. The van der Waals surface area contributed by atoms with Gasteiger partial charge < -0.3 is 19.4 Å². The van der Waals surface area contributed by atoms with Crippen LogP contribution in [0.4, 0.5) is 5.82 Å². The molecule has 1 saturated carbocycles. The van der Waals surface area contributed by atoms with Crippen molar-refractivity contribution in [2.45, 2.75) is 38.6 Å². The van der Waals surface area contributed by atoms with Crippen LogP contribution in [0, 0.1) is 5.92 Å². The van der Waals surface area contributed by atoms with Gasteiger partial charge in [-0.2, -0.15) is 0 Å². The molecule has 2 aromatic rings. The van der Waals surface area contributed by atoms with E-state index in [1.807, 2.05) is 18.2 Å². The summed E-state index contributed by atoms with van der Waals surface area (Å²) in [6.07, 6.45) is 4.10. The second-order valence-electron chi connectivity index (χ2n) is 7.52. The molecule has 1 N–H and O–H groups in total. The first-order valence-electron chi connectivity index (χ1n) is 9.82. The topological polar surface area (TPSA) is 67.6 Å². The molecule has 0 bridgehead atoms. The lowest BCUT2D eigenvalue weighted by Crippen LogP contribution is -2.36. The molecule has 2 unspecified atom stereocenters. The van der Waals surface area contributed by atoms with Crippen molar-refractivity contribution in [3.05, 3.63) is 47.5 Å². The quantitative estimate of drug-likeness (QED) is 0.813. The van der Waals surface area contributed by atoms with E-state index in [9.17, 15) is 4.79 Å². The number of nitrogens with zero attached hydrogens (tertiary/aromatic N) is 2. The van der Waals surface area contributed by atoms with Crippen LogP contribution in [-0.2, 0) is 22.5 Å². The lowest BCUT2D eigenvalue weighted by atomic mass is 10.2. The van der Waals surface area contributed by atoms with Gasteiger partial charge in [0.2, 0.25) is 5.91 Å². The van der Waals surface area contributed by atoms with Crippen molar-refractivity contribution in [2.24, 2.45) is 5.92 Å². The summed E-state index contributed by atoms with van der Waals surface area (Å²) in [5, 5.41) is 3.00. The Hall–Kier alpha value is -2.34. The molecule has 6 nitrogen and oxygen atoms in total. The van der Waals surface area contributed by atoms with Gasteiger partial charge in [-0.25, -0.2) is 4.98 Å². The van der Waals surface area contributed by atoms with E-state index in [1.165, 1.54) is 6.42 Å². The SMILES string of the molecule is CC1CC1c1ccc(CCC(=O)NCc2ccnc(N3CCOCC3)c2)o1. The number of nitrogens with one attached hydrogen (secondary N) is 1. The molecule has 1 aliphatic heterocycles. The van der Waals surface area contributed by atoms with Crippen LogP contribution in [0.15, 0.2) is 34.9 Å².